The van der Waals surface area contributed by atoms with Gasteiger partial charge in [-0.15, -0.1) is 0 Å². The number of carbonyl (C=O) groups excluding carboxylic acids is 2. The lowest BCUT2D eigenvalue weighted by Crippen LogP contribution is -2.63. The maximum atomic E-state index is 13.9. The molecule has 0 bridgehead atoms. The number of halogens is 3. The molecule has 40 heavy (non-hydrogen) atoms. The molecule has 0 heterocycles. The Labute approximate surface area is 225 Å². The first-order valence-electron chi connectivity index (χ1n) is 11.8. The summed E-state index contributed by atoms with van der Waals surface area (Å²) in [4.78, 5) is 46.1. The van der Waals surface area contributed by atoms with Crippen LogP contribution in [0.25, 0.3) is 21.5 Å². The lowest BCUT2D eigenvalue weighted by molar-refractivity contribution is -0.223. The fraction of sp³-hybridized carbons (Fsp3) is 0.185. The largest absolute Gasteiger partial charge is 0.471 e. The van der Waals surface area contributed by atoms with Gasteiger partial charge in [0.15, 0.2) is 0 Å². The Morgan fingerprint density at radius 2 is 1.25 bits per heavy atom. The van der Waals surface area contributed by atoms with Crippen LogP contribution in [0.4, 0.5) is 13.2 Å². The van der Waals surface area contributed by atoms with Crippen LogP contribution in [0.3, 0.4) is 0 Å². The number of amides is 1. The molecule has 1 amide bonds. The Balaban J connectivity index is 2.03. The van der Waals surface area contributed by atoms with Crippen LogP contribution in [0, 0.1) is 0 Å². The van der Waals surface area contributed by atoms with Gasteiger partial charge >= 0.3 is 31.3 Å². The van der Waals surface area contributed by atoms with E-state index in [1.54, 1.807) is 48.5 Å². The molecule has 0 fully saturated rings. The highest BCUT2D eigenvalue weighted by Crippen LogP contribution is 2.55. The second-order valence-corrected chi connectivity index (χ2v) is 10.1. The summed E-state index contributed by atoms with van der Waals surface area (Å²) in [7, 11) is -6.10. The summed E-state index contributed by atoms with van der Waals surface area (Å²) in [6, 6.07) is 21.3. The van der Waals surface area contributed by atoms with E-state index in [0.29, 0.717) is 10.8 Å². The number of esters is 1. The van der Waals surface area contributed by atoms with Crippen LogP contribution >= 0.6 is 7.60 Å². The van der Waals surface area contributed by atoms with Gasteiger partial charge in [0.1, 0.15) is 18.0 Å². The van der Waals surface area contributed by atoms with Gasteiger partial charge in [-0.25, -0.2) is 9.46 Å². The fourth-order valence-electron chi connectivity index (χ4n) is 4.05. The first kappa shape index (κ1) is 28.9. The third-order valence-corrected chi connectivity index (χ3v) is 6.93. The smallest absolute Gasteiger partial charge is 0.465 e. The normalized spacial score (nSPS) is 12.2. The number of hydrogen-bond acceptors (Lipinski definition) is 6. The average Bonchev–Trinajstić information content (AvgIpc) is 2.90. The Morgan fingerprint density at radius 1 is 0.800 bits per heavy atom. The number of benzene rings is 4. The zero-order valence-corrected chi connectivity index (χ0v) is 21.8. The van der Waals surface area contributed by atoms with Crippen molar-refractivity contribution < 1.29 is 51.3 Å². The van der Waals surface area contributed by atoms with Gasteiger partial charge in [0.25, 0.3) is 0 Å². The molecule has 4 rings (SSSR count). The summed E-state index contributed by atoms with van der Waals surface area (Å²) in [5.74, 6) is -4.85. The highest BCUT2D eigenvalue weighted by molar-refractivity contribution is 7.53. The van der Waals surface area contributed by atoms with Crippen molar-refractivity contribution in [1.82, 2.24) is 4.90 Å². The topological polar surface area (TPSA) is 123 Å². The van der Waals surface area contributed by atoms with Gasteiger partial charge < -0.3 is 24.0 Å². The predicted molar refractivity (Wildman–Crippen MR) is 138 cm³/mol. The maximum Gasteiger partial charge on any atom is 0.471 e. The van der Waals surface area contributed by atoms with Gasteiger partial charge in [0, 0.05) is 10.8 Å². The lowest BCUT2D eigenvalue weighted by atomic mass is 10.1. The number of rotatable bonds is 9. The first-order chi connectivity index (χ1) is 18.9. The molecular formula is C27H23F3NO8P. The standard InChI is InChI=1S/C27H23F3NO8P/c1-2-37-24(32)17-31(25(33)26(28,29)30)27(40(34,35)36,38-22-15-7-11-18-9-3-5-13-20(18)22)39-23-16-8-12-19-10-4-6-14-21(19)23/h3-16H,2,17H2,1H3,(H2,34,35,36). The van der Waals surface area contributed by atoms with Crippen molar-refractivity contribution in [2.45, 2.75) is 18.8 Å². The van der Waals surface area contributed by atoms with Gasteiger partial charge in [-0.05, 0) is 29.8 Å². The summed E-state index contributed by atoms with van der Waals surface area (Å²) in [5.41, 5.74) is -3.80. The lowest BCUT2D eigenvalue weighted by Gasteiger charge is -2.41. The number of alkyl halides is 3. The van der Waals surface area contributed by atoms with Gasteiger partial charge in [0.05, 0.1) is 6.61 Å². The molecule has 210 valence electrons. The van der Waals surface area contributed by atoms with E-state index in [4.69, 9.17) is 14.2 Å². The SMILES string of the molecule is CCOC(=O)CN(C(=O)C(F)(F)F)C(Oc1cccc2ccccc12)(Oc1cccc2ccccc12)P(=O)(O)O. The Kier molecular flexibility index (Phi) is 8.06. The Bertz CT molecular complexity index is 1510. The van der Waals surface area contributed by atoms with Crippen molar-refractivity contribution in [1.29, 1.82) is 0 Å². The summed E-state index contributed by atoms with van der Waals surface area (Å²) < 4.78 is 71.2. The van der Waals surface area contributed by atoms with Gasteiger partial charge in [0.2, 0.25) is 0 Å². The van der Waals surface area contributed by atoms with E-state index in [1.165, 1.54) is 43.3 Å². The van der Waals surface area contributed by atoms with E-state index < -0.39 is 42.7 Å². The van der Waals surface area contributed by atoms with Crippen LogP contribution in [0.5, 0.6) is 11.5 Å². The minimum absolute atomic E-state index is 0.236. The minimum Gasteiger partial charge on any atom is -0.465 e. The second-order valence-electron chi connectivity index (χ2n) is 8.45. The molecule has 0 aliphatic rings. The zero-order chi connectivity index (χ0) is 29.1. The van der Waals surface area contributed by atoms with Crippen molar-refractivity contribution in [3.8, 4) is 11.5 Å². The monoisotopic (exact) mass is 577 g/mol. The number of carbonyl (C=O) groups is 2. The quantitative estimate of drug-likeness (QED) is 0.158. The van der Waals surface area contributed by atoms with E-state index in [1.807, 2.05) is 0 Å². The number of hydrogen-bond donors (Lipinski definition) is 2. The van der Waals surface area contributed by atoms with Crippen LogP contribution in [-0.4, -0.2) is 51.5 Å². The third kappa shape index (κ3) is 5.74. The summed E-state index contributed by atoms with van der Waals surface area (Å²) in [6.07, 6.45) is -5.70. The zero-order valence-electron chi connectivity index (χ0n) is 20.9. The molecule has 13 heteroatoms. The molecule has 0 spiro atoms. The average molecular weight is 577 g/mol. The van der Waals surface area contributed by atoms with Crippen LogP contribution in [0.1, 0.15) is 6.92 Å². The van der Waals surface area contributed by atoms with Crippen molar-refractivity contribution >= 4 is 41.0 Å². The minimum atomic E-state index is -6.10. The predicted octanol–water partition coefficient (Wildman–Crippen LogP) is 5.19. The molecule has 4 aromatic carbocycles. The molecule has 0 radical (unpaired) electrons. The maximum absolute atomic E-state index is 13.9. The number of fused-ring (bicyclic) bond motifs is 2. The molecule has 0 aliphatic heterocycles. The van der Waals surface area contributed by atoms with Crippen LogP contribution in [0.15, 0.2) is 84.9 Å². The van der Waals surface area contributed by atoms with Crippen LogP contribution < -0.4 is 9.47 Å². The molecule has 0 aliphatic carbocycles. The molecule has 0 unspecified atom stereocenters. The number of ether oxygens (including phenoxy) is 3. The molecule has 2 N–H and O–H groups in total. The van der Waals surface area contributed by atoms with E-state index in [2.05, 4.69) is 0 Å². The van der Waals surface area contributed by atoms with Crippen molar-refractivity contribution in [2.75, 3.05) is 13.2 Å². The molecule has 0 saturated carbocycles. The van der Waals surface area contributed by atoms with E-state index in [0.717, 1.165) is 0 Å². The third-order valence-electron chi connectivity index (χ3n) is 5.77. The van der Waals surface area contributed by atoms with Gasteiger partial charge in [-0.2, -0.15) is 13.2 Å². The molecular weight excluding hydrogens is 554 g/mol. The highest BCUT2D eigenvalue weighted by atomic mass is 31.2. The Morgan fingerprint density at radius 3 is 1.68 bits per heavy atom. The van der Waals surface area contributed by atoms with Crippen molar-refractivity contribution in [2.24, 2.45) is 0 Å². The van der Waals surface area contributed by atoms with E-state index >= 15 is 0 Å². The molecule has 0 atom stereocenters. The fourth-order valence-corrected chi connectivity index (χ4v) is 4.96. The number of nitrogens with zero attached hydrogens (tertiary/aromatic N) is 1. The van der Waals surface area contributed by atoms with Gasteiger partial charge in [-0.1, -0.05) is 72.8 Å². The van der Waals surface area contributed by atoms with Crippen molar-refractivity contribution in [3.05, 3.63) is 84.9 Å². The molecule has 4 aromatic rings. The van der Waals surface area contributed by atoms with E-state index in [9.17, 15) is 37.1 Å². The van der Waals surface area contributed by atoms with Crippen LogP contribution in [-0.2, 0) is 18.9 Å². The highest BCUT2D eigenvalue weighted by Gasteiger charge is 2.65. The van der Waals surface area contributed by atoms with E-state index in [-0.39, 0.29) is 28.9 Å². The van der Waals surface area contributed by atoms with Crippen molar-refractivity contribution in [3.63, 3.8) is 0 Å². The molecule has 0 aromatic heterocycles. The summed E-state index contributed by atoms with van der Waals surface area (Å²) in [6.45, 7) is -0.486. The van der Waals surface area contributed by atoms with Gasteiger partial charge in [-0.3, -0.25) is 9.59 Å². The first-order valence-corrected chi connectivity index (χ1v) is 13.4. The second kappa shape index (κ2) is 11.2. The molecule has 0 saturated heterocycles. The summed E-state index contributed by atoms with van der Waals surface area (Å²) in [5, 5.41) is 1.48. The Hall–Kier alpha value is -4.12. The molecule has 9 nitrogen and oxygen atoms in total. The summed E-state index contributed by atoms with van der Waals surface area (Å²) >= 11 is 0. The van der Waals surface area contributed by atoms with Crippen LogP contribution in [0.2, 0.25) is 0 Å².